The fourth-order valence-corrected chi connectivity index (χ4v) is 7.05. The van der Waals surface area contributed by atoms with Gasteiger partial charge in [0.2, 0.25) is 6.33 Å². The number of hydrogen-bond donors (Lipinski definition) is 0. The standard InChI is InChI=1S/C48H47N5O.Pt/c1-46(2,3)33-20-22-50-45(27-33)53-40-15-11-10-14-38(40)39-19-18-36(28-43(39)53)54-37-21-23-49-44(29-37)52-31-51(41-16-12-13-17-42(41)52)30-32-24-34(47(4,5)6)26-35(25-32)48(7,8)9;/h10-27H,30H2,1-9H3;/q-2;. The van der Waals surface area contributed by atoms with Crippen LogP contribution in [0.3, 0.4) is 0 Å². The maximum Gasteiger partial charge on any atom is 0.244 e. The average molecular weight is 905 g/mol. The summed E-state index contributed by atoms with van der Waals surface area (Å²) in [4.78, 5) is 9.55. The molecule has 4 heterocycles. The van der Waals surface area contributed by atoms with E-state index >= 15 is 0 Å². The molecule has 282 valence electrons. The van der Waals surface area contributed by atoms with Crippen molar-refractivity contribution in [2.75, 3.05) is 0 Å². The predicted molar refractivity (Wildman–Crippen MR) is 218 cm³/mol. The number of hydrogen-bond acceptors (Lipinski definition) is 3. The Labute approximate surface area is 339 Å². The molecule has 0 unspecified atom stereocenters. The smallest absolute Gasteiger partial charge is 0.244 e. The van der Waals surface area contributed by atoms with E-state index in [0.29, 0.717) is 23.9 Å². The number of pyridine rings is 2. The third-order valence-electron chi connectivity index (χ3n) is 10.2. The summed E-state index contributed by atoms with van der Waals surface area (Å²) in [6.07, 6.45) is 7.26. The van der Waals surface area contributed by atoms with Gasteiger partial charge in [-0.2, -0.15) is 18.2 Å². The molecular formula is C48H47N5OPt-2. The molecule has 0 aliphatic heterocycles. The molecule has 8 rings (SSSR count). The van der Waals surface area contributed by atoms with E-state index in [1.807, 2.05) is 29.0 Å². The topological polar surface area (TPSA) is 48.8 Å². The van der Waals surface area contributed by atoms with Crippen molar-refractivity contribution in [3.8, 4) is 23.1 Å². The van der Waals surface area contributed by atoms with Crippen molar-refractivity contribution < 1.29 is 30.4 Å². The molecule has 4 aromatic carbocycles. The Balaban J connectivity index is 0.00000465. The van der Waals surface area contributed by atoms with Crippen molar-refractivity contribution in [3.63, 3.8) is 0 Å². The fourth-order valence-electron chi connectivity index (χ4n) is 7.05. The molecule has 0 fully saturated rings. The summed E-state index contributed by atoms with van der Waals surface area (Å²) < 4.78 is 12.8. The molecule has 0 aliphatic carbocycles. The molecule has 0 bridgehead atoms. The number of para-hydroxylation sites is 3. The van der Waals surface area contributed by atoms with Crippen LogP contribution in [-0.2, 0) is 43.9 Å². The first-order chi connectivity index (χ1) is 25.6. The zero-order chi connectivity index (χ0) is 38.0. The number of fused-ring (bicyclic) bond motifs is 4. The predicted octanol–water partition coefficient (Wildman–Crippen LogP) is 10.9. The monoisotopic (exact) mass is 904 g/mol. The van der Waals surface area contributed by atoms with E-state index < -0.39 is 0 Å². The molecular weight excluding hydrogens is 858 g/mol. The summed E-state index contributed by atoms with van der Waals surface area (Å²) >= 11 is 0. The summed E-state index contributed by atoms with van der Waals surface area (Å²) in [6.45, 7) is 21.0. The number of ether oxygens (including phenoxy) is 1. The van der Waals surface area contributed by atoms with Crippen LogP contribution in [0.2, 0.25) is 0 Å². The molecule has 8 aromatic rings. The molecule has 0 radical (unpaired) electrons. The molecule has 6 nitrogen and oxygen atoms in total. The van der Waals surface area contributed by atoms with Gasteiger partial charge in [0.1, 0.15) is 5.82 Å². The summed E-state index contributed by atoms with van der Waals surface area (Å²) in [5.41, 5.74) is 9.20. The number of imidazole rings is 1. The maximum absolute atomic E-state index is 6.50. The molecule has 0 spiro atoms. The first kappa shape index (κ1) is 38.2. The van der Waals surface area contributed by atoms with Crippen molar-refractivity contribution in [3.05, 3.63) is 150 Å². The Bertz CT molecular complexity index is 2650. The number of nitrogens with zero attached hydrogens (tertiary/aromatic N) is 5. The molecule has 0 saturated heterocycles. The largest absolute Gasteiger partial charge is 0.522 e. The van der Waals surface area contributed by atoms with E-state index in [2.05, 4.69) is 169 Å². The van der Waals surface area contributed by atoms with Gasteiger partial charge in [-0.05, 0) is 67.8 Å². The molecule has 4 aromatic heterocycles. The SMILES string of the molecule is CC(C)(C)c1cc(C[n+]2[c-]n(-c3[c-]c(Oc4[c-]c5c(cc4)c4ccccc4n5-c4cc(C(C)(C)C)ccn4)ccn3)c3ccccc32)cc(C(C)(C)C)c1.[Pt]. The first-order valence-corrected chi connectivity index (χ1v) is 18.7. The van der Waals surface area contributed by atoms with Crippen LogP contribution in [-0.4, -0.2) is 19.1 Å². The van der Waals surface area contributed by atoms with E-state index in [1.165, 1.54) is 22.3 Å². The minimum absolute atomic E-state index is 0. The van der Waals surface area contributed by atoms with E-state index in [4.69, 9.17) is 14.7 Å². The van der Waals surface area contributed by atoms with Crippen molar-refractivity contribution in [2.45, 2.75) is 85.1 Å². The summed E-state index contributed by atoms with van der Waals surface area (Å²) in [5, 5.41) is 2.22. The van der Waals surface area contributed by atoms with Crippen LogP contribution in [0.1, 0.15) is 84.6 Å². The second-order valence-electron chi connectivity index (χ2n) is 17.4. The Morgan fingerprint density at radius 3 is 1.96 bits per heavy atom. The van der Waals surface area contributed by atoms with Gasteiger partial charge in [-0.1, -0.05) is 135 Å². The van der Waals surface area contributed by atoms with Gasteiger partial charge in [-0.25, -0.2) is 4.98 Å². The van der Waals surface area contributed by atoms with Crippen molar-refractivity contribution in [1.82, 2.24) is 19.1 Å². The van der Waals surface area contributed by atoms with Crippen molar-refractivity contribution in [2.24, 2.45) is 0 Å². The van der Waals surface area contributed by atoms with Gasteiger partial charge in [-0.15, -0.1) is 17.5 Å². The van der Waals surface area contributed by atoms with Crippen LogP contribution in [0.5, 0.6) is 11.5 Å². The van der Waals surface area contributed by atoms with Crippen LogP contribution in [0, 0.1) is 18.5 Å². The molecule has 0 aliphatic rings. The van der Waals surface area contributed by atoms with Crippen LogP contribution < -0.4 is 9.30 Å². The van der Waals surface area contributed by atoms with E-state index in [0.717, 1.165) is 38.7 Å². The zero-order valence-electron chi connectivity index (χ0n) is 33.1. The zero-order valence-corrected chi connectivity index (χ0v) is 35.3. The Kier molecular flexibility index (Phi) is 9.88. The first-order valence-electron chi connectivity index (χ1n) is 18.7. The molecule has 7 heteroatoms. The second-order valence-corrected chi connectivity index (χ2v) is 17.4. The quantitative estimate of drug-likeness (QED) is 0.123. The number of benzene rings is 4. The molecule has 0 atom stereocenters. The fraction of sp³-hybridized carbons (Fsp3) is 0.271. The summed E-state index contributed by atoms with van der Waals surface area (Å²) in [7, 11) is 0. The van der Waals surface area contributed by atoms with Crippen LogP contribution >= 0.6 is 0 Å². The minimum atomic E-state index is -0.0157. The van der Waals surface area contributed by atoms with E-state index in [1.54, 1.807) is 6.20 Å². The van der Waals surface area contributed by atoms with Gasteiger partial charge in [0.05, 0.1) is 23.4 Å². The third kappa shape index (κ3) is 7.50. The third-order valence-corrected chi connectivity index (χ3v) is 10.2. The van der Waals surface area contributed by atoms with Crippen LogP contribution in [0.4, 0.5) is 0 Å². The summed E-state index contributed by atoms with van der Waals surface area (Å²) in [6, 6.07) is 41.0. The number of aromatic nitrogens is 5. The minimum Gasteiger partial charge on any atom is -0.522 e. The molecule has 0 N–H and O–H groups in total. The Morgan fingerprint density at radius 2 is 1.25 bits per heavy atom. The number of rotatable bonds is 6. The van der Waals surface area contributed by atoms with Gasteiger partial charge < -0.3 is 23.4 Å². The molecule has 0 saturated carbocycles. The second kappa shape index (κ2) is 14.2. The Morgan fingerprint density at radius 1 is 0.618 bits per heavy atom. The maximum atomic E-state index is 6.50. The van der Waals surface area contributed by atoms with E-state index in [9.17, 15) is 0 Å². The van der Waals surface area contributed by atoms with Crippen molar-refractivity contribution >= 4 is 32.8 Å². The van der Waals surface area contributed by atoms with Crippen molar-refractivity contribution in [1.29, 1.82) is 0 Å². The van der Waals surface area contributed by atoms with Crippen LogP contribution in [0.25, 0.3) is 44.5 Å². The van der Waals surface area contributed by atoms with Gasteiger partial charge >= 0.3 is 0 Å². The van der Waals surface area contributed by atoms with Crippen LogP contribution in [0.15, 0.2) is 109 Å². The molecule has 55 heavy (non-hydrogen) atoms. The Hall–Kier alpha value is -5.06. The summed E-state index contributed by atoms with van der Waals surface area (Å²) in [5.74, 6) is 2.57. The molecule has 0 amide bonds. The van der Waals surface area contributed by atoms with Gasteiger partial charge in [0, 0.05) is 38.5 Å². The van der Waals surface area contributed by atoms with Gasteiger partial charge in [-0.3, -0.25) is 0 Å². The van der Waals surface area contributed by atoms with Gasteiger partial charge in [0.15, 0.2) is 0 Å². The van der Waals surface area contributed by atoms with Gasteiger partial charge in [0.25, 0.3) is 0 Å². The average Bonchev–Trinajstić information content (AvgIpc) is 3.66. The normalized spacial score (nSPS) is 12.4. The van der Waals surface area contributed by atoms with E-state index in [-0.39, 0.29) is 37.3 Å².